The molecule has 0 heterocycles. The molecule has 0 radical (unpaired) electrons. The number of methoxy groups -OCH3 is 1. The van der Waals surface area contributed by atoms with Gasteiger partial charge >= 0.3 is 0 Å². The van der Waals surface area contributed by atoms with Gasteiger partial charge in [0.05, 0.1) is 0 Å². The van der Waals surface area contributed by atoms with E-state index in [9.17, 15) is 0 Å². The van der Waals surface area contributed by atoms with Crippen molar-refractivity contribution in [3.05, 3.63) is 0 Å². The lowest BCUT2D eigenvalue weighted by Crippen LogP contribution is -2.34. The van der Waals surface area contributed by atoms with E-state index >= 15 is 0 Å². The zero-order valence-electron chi connectivity index (χ0n) is 8.89. The second-order valence-electron chi connectivity index (χ2n) is 3.33. The van der Waals surface area contributed by atoms with Gasteiger partial charge in [-0.25, -0.2) is 0 Å². The molecule has 0 aromatic rings. The van der Waals surface area contributed by atoms with E-state index in [1.54, 1.807) is 7.11 Å². The van der Waals surface area contributed by atoms with Crippen LogP contribution in [0, 0.1) is 5.92 Å². The van der Waals surface area contributed by atoms with Crippen LogP contribution in [0.4, 0.5) is 0 Å². The molecule has 0 aromatic heterocycles. The maximum atomic E-state index is 5.06. The summed E-state index contributed by atoms with van der Waals surface area (Å²) in [5, 5.41) is 3.49. The largest absolute Gasteiger partial charge is 0.385 e. The normalized spacial score (nSPS) is 16.0. The average Bonchev–Trinajstić information content (AvgIpc) is 2.10. The Morgan fingerprint density at radius 3 is 2.42 bits per heavy atom. The fraction of sp³-hybridized carbons (Fsp3) is 1.00. The molecule has 0 spiro atoms. The Morgan fingerprint density at radius 2 is 2.00 bits per heavy atom. The number of hydrogen-bond donors (Lipinski definition) is 1. The Kier molecular flexibility index (Phi) is 7.51. The van der Waals surface area contributed by atoms with Crippen molar-refractivity contribution in [2.24, 2.45) is 5.92 Å². The van der Waals surface area contributed by atoms with Crippen LogP contribution < -0.4 is 5.32 Å². The molecule has 2 unspecified atom stereocenters. The van der Waals surface area contributed by atoms with Crippen LogP contribution in [0.3, 0.4) is 0 Å². The molecule has 12 heavy (non-hydrogen) atoms. The first kappa shape index (κ1) is 11.9. The van der Waals surface area contributed by atoms with E-state index in [2.05, 4.69) is 26.1 Å². The van der Waals surface area contributed by atoms with Crippen LogP contribution in [0.2, 0.25) is 0 Å². The maximum absolute atomic E-state index is 5.06. The third-order valence-corrected chi connectivity index (χ3v) is 2.37. The molecule has 0 fully saturated rings. The van der Waals surface area contributed by atoms with Crippen molar-refractivity contribution in [2.45, 2.75) is 39.7 Å². The Labute approximate surface area is 76.7 Å². The van der Waals surface area contributed by atoms with Gasteiger partial charge in [0, 0.05) is 19.8 Å². The molecular weight excluding hydrogens is 150 g/mol. The quantitative estimate of drug-likeness (QED) is 0.636. The minimum absolute atomic E-state index is 0.658. The highest BCUT2D eigenvalue weighted by Crippen LogP contribution is 2.10. The molecular formula is C10H23NO. The second-order valence-corrected chi connectivity index (χ2v) is 3.33. The van der Waals surface area contributed by atoms with Gasteiger partial charge in [-0.15, -0.1) is 0 Å². The minimum atomic E-state index is 0.658. The summed E-state index contributed by atoms with van der Waals surface area (Å²) in [4.78, 5) is 0. The van der Waals surface area contributed by atoms with Crippen LogP contribution in [0.25, 0.3) is 0 Å². The van der Waals surface area contributed by atoms with Gasteiger partial charge in [0.1, 0.15) is 0 Å². The fourth-order valence-electron chi connectivity index (χ4n) is 1.52. The lowest BCUT2D eigenvalue weighted by Gasteiger charge is -2.23. The monoisotopic (exact) mass is 173 g/mol. The number of rotatable bonds is 7. The van der Waals surface area contributed by atoms with Crippen molar-refractivity contribution in [2.75, 3.05) is 20.3 Å². The highest BCUT2D eigenvalue weighted by atomic mass is 16.5. The van der Waals surface area contributed by atoms with Gasteiger partial charge in [0.25, 0.3) is 0 Å². The lowest BCUT2D eigenvalue weighted by molar-refractivity contribution is 0.169. The summed E-state index contributed by atoms with van der Waals surface area (Å²) < 4.78 is 5.06. The number of nitrogens with one attached hydrogen (secondary N) is 1. The second kappa shape index (κ2) is 7.56. The van der Waals surface area contributed by atoms with Gasteiger partial charge in [-0.2, -0.15) is 0 Å². The Morgan fingerprint density at radius 1 is 1.33 bits per heavy atom. The molecule has 74 valence electrons. The molecule has 0 bridgehead atoms. The van der Waals surface area contributed by atoms with E-state index in [0.29, 0.717) is 6.04 Å². The van der Waals surface area contributed by atoms with E-state index in [0.717, 1.165) is 25.5 Å². The smallest absolute Gasteiger partial charge is 0.0465 e. The molecule has 2 nitrogen and oxygen atoms in total. The highest BCUT2D eigenvalue weighted by Gasteiger charge is 2.12. The van der Waals surface area contributed by atoms with E-state index < -0.39 is 0 Å². The summed E-state index contributed by atoms with van der Waals surface area (Å²) in [5.41, 5.74) is 0. The molecule has 0 aliphatic rings. The molecule has 2 atom stereocenters. The van der Waals surface area contributed by atoms with E-state index in [1.165, 1.54) is 6.42 Å². The van der Waals surface area contributed by atoms with Crippen LogP contribution in [-0.4, -0.2) is 26.3 Å². The van der Waals surface area contributed by atoms with Crippen molar-refractivity contribution in [1.29, 1.82) is 0 Å². The third kappa shape index (κ3) is 4.73. The van der Waals surface area contributed by atoms with Crippen LogP contribution in [0.1, 0.15) is 33.6 Å². The molecule has 0 saturated heterocycles. The molecule has 0 amide bonds. The predicted octanol–water partition coefficient (Wildman–Crippen LogP) is 2.05. The summed E-state index contributed by atoms with van der Waals surface area (Å²) in [6.07, 6.45) is 2.36. The van der Waals surface area contributed by atoms with Gasteiger partial charge in [0.2, 0.25) is 0 Å². The van der Waals surface area contributed by atoms with Crippen molar-refractivity contribution >= 4 is 0 Å². The van der Waals surface area contributed by atoms with Crippen LogP contribution in [-0.2, 0) is 4.74 Å². The van der Waals surface area contributed by atoms with E-state index in [4.69, 9.17) is 4.74 Å². The van der Waals surface area contributed by atoms with Crippen molar-refractivity contribution < 1.29 is 4.74 Å². The topological polar surface area (TPSA) is 21.3 Å². The van der Waals surface area contributed by atoms with Crippen LogP contribution in [0.15, 0.2) is 0 Å². The molecule has 0 aromatic carbocycles. The molecule has 0 aliphatic heterocycles. The summed E-state index contributed by atoms with van der Waals surface area (Å²) >= 11 is 0. The van der Waals surface area contributed by atoms with Gasteiger partial charge in [0.15, 0.2) is 0 Å². The van der Waals surface area contributed by atoms with Crippen LogP contribution in [0.5, 0.6) is 0 Å². The number of hydrogen-bond acceptors (Lipinski definition) is 2. The van der Waals surface area contributed by atoms with E-state index in [-0.39, 0.29) is 0 Å². The predicted molar refractivity (Wildman–Crippen MR) is 53.4 cm³/mol. The first-order chi connectivity index (χ1) is 5.76. The van der Waals surface area contributed by atoms with Crippen molar-refractivity contribution in [3.63, 3.8) is 0 Å². The summed E-state index contributed by atoms with van der Waals surface area (Å²) in [5.74, 6) is 0.717. The SMILES string of the molecule is CCNC(CC)C(C)CCOC. The van der Waals surface area contributed by atoms with Gasteiger partial charge in [-0.1, -0.05) is 20.8 Å². The first-order valence-corrected chi connectivity index (χ1v) is 4.98. The van der Waals surface area contributed by atoms with Crippen LogP contribution >= 0.6 is 0 Å². The maximum Gasteiger partial charge on any atom is 0.0465 e. The molecule has 0 aliphatic carbocycles. The van der Waals surface area contributed by atoms with Gasteiger partial charge in [-0.3, -0.25) is 0 Å². The Hall–Kier alpha value is -0.0800. The standard InChI is InChI=1S/C10H23NO/c1-5-10(11-6-2)9(3)7-8-12-4/h9-11H,5-8H2,1-4H3. The fourth-order valence-corrected chi connectivity index (χ4v) is 1.52. The van der Waals surface area contributed by atoms with Gasteiger partial charge in [-0.05, 0) is 25.3 Å². The highest BCUT2D eigenvalue weighted by molar-refractivity contribution is 4.70. The summed E-state index contributed by atoms with van der Waals surface area (Å²) in [6, 6.07) is 0.658. The summed E-state index contributed by atoms with van der Waals surface area (Å²) in [7, 11) is 1.76. The molecule has 2 heteroatoms. The summed E-state index contributed by atoms with van der Waals surface area (Å²) in [6.45, 7) is 8.62. The van der Waals surface area contributed by atoms with Crippen molar-refractivity contribution in [1.82, 2.24) is 5.32 Å². The van der Waals surface area contributed by atoms with E-state index in [1.807, 2.05) is 0 Å². The number of ether oxygens (including phenoxy) is 1. The zero-order chi connectivity index (χ0) is 9.40. The third-order valence-electron chi connectivity index (χ3n) is 2.37. The lowest BCUT2D eigenvalue weighted by atomic mass is 9.96. The zero-order valence-corrected chi connectivity index (χ0v) is 8.89. The average molecular weight is 173 g/mol. The molecule has 1 N–H and O–H groups in total. The van der Waals surface area contributed by atoms with Gasteiger partial charge < -0.3 is 10.1 Å². The first-order valence-electron chi connectivity index (χ1n) is 4.98. The Balaban J connectivity index is 3.60. The van der Waals surface area contributed by atoms with Crippen molar-refractivity contribution in [3.8, 4) is 0 Å². The minimum Gasteiger partial charge on any atom is -0.385 e. The Bertz CT molecular complexity index is 95.8. The molecule has 0 rings (SSSR count). The molecule has 0 saturated carbocycles.